The summed E-state index contributed by atoms with van der Waals surface area (Å²) < 4.78 is 4.62. The molecule has 17 heavy (non-hydrogen) atoms. The van der Waals surface area contributed by atoms with E-state index in [2.05, 4.69) is 15.4 Å². The maximum absolute atomic E-state index is 11.1. The van der Waals surface area contributed by atoms with Crippen molar-refractivity contribution in [2.24, 2.45) is 5.73 Å². The molecule has 98 valence electrons. The van der Waals surface area contributed by atoms with Crippen molar-refractivity contribution < 1.29 is 24.2 Å². The molecule has 0 aliphatic carbocycles. The van der Waals surface area contributed by atoms with Crippen LogP contribution in [-0.4, -0.2) is 49.3 Å². The molecule has 0 aromatic heterocycles. The molecule has 5 N–H and O–H groups in total. The molecule has 3 amide bonds. The fraction of sp³-hybridized carbons (Fsp3) is 0.667. The second-order valence-electron chi connectivity index (χ2n) is 3.27. The predicted molar refractivity (Wildman–Crippen MR) is 58.3 cm³/mol. The van der Waals surface area contributed by atoms with Gasteiger partial charge in [0.25, 0.3) is 0 Å². The van der Waals surface area contributed by atoms with Gasteiger partial charge in [-0.2, -0.15) is 0 Å². The van der Waals surface area contributed by atoms with Crippen LogP contribution < -0.4 is 16.4 Å². The molecule has 0 aliphatic heterocycles. The quantitative estimate of drug-likeness (QED) is 0.394. The van der Waals surface area contributed by atoms with Gasteiger partial charge in [-0.15, -0.1) is 0 Å². The number of carbonyl (C=O) groups is 3. The molecule has 1 unspecified atom stereocenters. The fourth-order valence-corrected chi connectivity index (χ4v) is 0.984. The molecule has 0 rings (SSSR count). The lowest BCUT2D eigenvalue weighted by atomic mass is 10.3. The lowest BCUT2D eigenvalue weighted by Crippen LogP contribution is -2.43. The summed E-state index contributed by atoms with van der Waals surface area (Å²) in [7, 11) is 1.24. The highest BCUT2D eigenvalue weighted by Gasteiger charge is 2.16. The number of primary amides is 1. The summed E-state index contributed by atoms with van der Waals surface area (Å²) in [4.78, 5) is 32.1. The zero-order valence-corrected chi connectivity index (χ0v) is 9.56. The van der Waals surface area contributed by atoms with Gasteiger partial charge in [-0.05, 0) is 6.42 Å². The van der Waals surface area contributed by atoms with Gasteiger partial charge in [0, 0.05) is 20.1 Å². The van der Waals surface area contributed by atoms with Crippen LogP contribution in [0.25, 0.3) is 0 Å². The SMILES string of the molecule is COC(CNC(=O)NCCCC(N)=O)C(=O)O. The van der Waals surface area contributed by atoms with Gasteiger partial charge >= 0.3 is 12.0 Å². The van der Waals surface area contributed by atoms with E-state index >= 15 is 0 Å². The zero-order chi connectivity index (χ0) is 13.3. The van der Waals surface area contributed by atoms with Crippen molar-refractivity contribution in [1.82, 2.24) is 10.6 Å². The molecule has 0 aromatic rings. The number of aliphatic carboxylic acids is 1. The highest BCUT2D eigenvalue weighted by atomic mass is 16.5. The molecule has 8 heteroatoms. The summed E-state index contributed by atoms with van der Waals surface area (Å²) in [6.07, 6.45) is -0.447. The average molecular weight is 247 g/mol. The summed E-state index contributed by atoms with van der Waals surface area (Å²) in [5, 5.41) is 13.4. The summed E-state index contributed by atoms with van der Waals surface area (Å²) in [5.41, 5.74) is 4.91. The predicted octanol–water partition coefficient (Wildman–Crippen LogP) is -1.35. The van der Waals surface area contributed by atoms with E-state index in [0.29, 0.717) is 13.0 Å². The number of carbonyl (C=O) groups excluding carboxylic acids is 2. The van der Waals surface area contributed by atoms with Crippen molar-refractivity contribution in [3.05, 3.63) is 0 Å². The van der Waals surface area contributed by atoms with Crippen molar-refractivity contribution in [1.29, 1.82) is 0 Å². The number of nitrogens with two attached hydrogens (primary N) is 1. The van der Waals surface area contributed by atoms with E-state index in [9.17, 15) is 14.4 Å². The zero-order valence-electron chi connectivity index (χ0n) is 9.56. The largest absolute Gasteiger partial charge is 0.479 e. The van der Waals surface area contributed by atoms with Crippen molar-refractivity contribution in [3.63, 3.8) is 0 Å². The molecule has 0 bridgehead atoms. The van der Waals surface area contributed by atoms with Crippen molar-refractivity contribution >= 4 is 17.9 Å². The molecular weight excluding hydrogens is 230 g/mol. The van der Waals surface area contributed by atoms with E-state index in [1.54, 1.807) is 0 Å². The first kappa shape index (κ1) is 15.2. The first-order valence-corrected chi connectivity index (χ1v) is 5.03. The van der Waals surface area contributed by atoms with Gasteiger partial charge in [0.15, 0.2) is 6.10 Å². The number of amides is 3. The number of nitrogens with one attached hydrogen (secondary N) is 2. The van der Waals surface area contributed by atoms with Gasteiger partial charge in [0.1, 0.15) is 0 Å². The maximum atomic E-state index is 11.1. The van der Waals surface area contributed by atoms with Gasteiger partial charge in [-0.3, -0.25) is 4.79 Å². The van der Waals surface area contributed by atoms with Gasteiger partial charge in [-0.25, -0.2) is 9.59 Å². The minimum Gasteiger partial charge on any atom is -0.479 e. The van der Waals surface area contributed by atoms with E-state index in [1.807, 2.05) is 0 Å². The third-order valence-corrected chi connectivity index (χ3v) is 1.89. The molecule has 0 aliphatic rings. The first-order chi connectivity index (χ1) is 7.97. The summed E-state index contributed by atoms with van der Waals surface area (Å²) >= 11 is 0. The van der Waals surface area contributed by atoms with Crippen molar-refractivity contribution in [2.75, 3.05) is 20.2 Å². The minimum atomic E-state index is -1.15. The summed E-state index contributed by atoms with van der Waals surface area (Å²) in [5.74, 6) is -1.58. The smallest absolute Gasteiger partial charge is 0.334 e. The van der Waals surface area contributed by atoms with Crippen LogP contribution in [0.1, 0.15) is 12.8 Å². The Bertz CT molecular complexity index is 282. The number of hydrogen-bond donors (Lipinski definition) is 4. The molecule has 1 atom stereocenters. The van der Waals surface area contributed by atoms with Crippen LogP contribution in [0.2, 0.25) is 0 Å². The third-order valence-electron chi connectivity index (χ3n) is 1.89. The lowest BCUT2D eigenvalue weighted by Gasteiger charge is -2.12. The van der Waals surface area contributed by atoms with E-state index < -0.39 is 24.0 Å². The van der Waals surface area contributed by atoms with E-state index in [1.165, 1.54) is 7.11 Å². The second-order valence-corrected chi connectivity index (χ2v) is 3.27. The molecular formula is C9H17N3O5. The van der Waals surface area contributed by atoms with Crippen LogP contribution in [0.5, 0.6) is 0 Å². The molecule has 0 spiro atoms. The number of urea groups is 1. The fourth-order valence-electron chi connectivity index (χ4n) is 0.984. The van der Waals surface area contributed by atoms with Crippen LogP contribution in [0.15, 0.2) is 0 Å². The molecule has 0 heterocycles. The first-order valence-electron chi connectivity index (χ1n) is 5.03. The molecule has 0 saturated carbocycles. The Labute approximate surface area is 98.5 Å². The maximum Gasteiger partial charge on any atom is 0.334 e. The van der Waals surface area contributed by atoms with Crippen LogP contribution in [0.3, 0.4) is 0 Å². The number of methoxy groups -OCH3 is 1. The molecule has 0 saturated heterocycles. The molecule has 0 fully saturated rings. The Morgan fingerprint density at radius 3 is 2.47 bits per heavy atom. The highest BCUT2D eigenvalue weighted by Crippen LogP contribution is 1.88. The van der Waals surface area contributed by atoms with E-state index in [-0.39, 0.29) is 13.0 Å². The Morgan fingerprint density at radius 1 is 1.35 bits per heavy atom. The monoisotopic (exact) mass is 247 g/mol. The van der Waals surface area contributed by atoms with Gasteiger partial charge in [0.2, 0.25) is 5.91 Å². The third kappa shape index (κ3) is 8.03. The number of carboxylic acid groups (broad SMARTS) is 1. The van der Waals surface area contributed by atoms with Crippen LogP contribution >= 0.6 is 0 Å². The Morgan fingerprint density at radius 2 is 2.00 bits per heavy atom. The standard InChI is InChI=1S/C9H17N3O5/c1-17-6(8(14)15)5-12-9(16)11-4-2-3-7(10)13/h6H,2-5H2,1H3,(H2,10,13)(H,14,15)(H2,11,12,16). The van der Waals surface area contributed by atoms with Crippen LogP contribution in [0, 0.1) is 0 Å². The number of hydrogen-bond acceptors (Lipinski definition) is 4. The highest BCUT2D eigenvalue weighted by molar-refractivity contribution is 5.77. The molecule has 0 aromatic carbocycles. The number of ether oxygens (including phenoxy) is 1. The van der Waals surface area contributed by atoms with Gasteiger partial charge in [0.05, 0.1) is 6.54 Å². The Balaban J connectivity index is 3.65. The minimum absolute atomic E-state index is 0.131. The van der Waals surface area contributed by atoms with Gasteiger partial charge in [-0.1, -0.05) is 0 Å². The lowest BCUT2D eigenvalue weighted by molar-refractivity contribution is -0.148. The Kier molecular flexibility index (Phi) is 7.44. The normalized spacial score (nSPS) is 11.6. The van der Waals surface area contributed by atoms with Crippen molar-refractivity contribution in [3.8, 4) is 0 Å². The van der Waals surface area contributed by atoms with E-state index in [0.717, 1.165) is 0 Å². The second kappa shape index (κ2) is 8.34. The van der Waals surface area contributed by atoms with Crippen LogP contribution in [-0.2, 0) is 14.3 Å². The Hall–Kier alpha value is -1.83. The summed E-state index contributed by atoms with van der Waals surface area (Å²) in [6.45, 7) is 0.160. The number of carboxylic acids is 1. The molecule has 0 radical (unpaired) electrons. The summed E-state index contributed by atoms with van der Waals surface area (Å²) in [6, 6.07) is -0.516. The van der Waals surface area contributed by atoms with Crippen LogP contribution in [0.4, 0.5) is 4.79 Å². The van der Waals surface area contributed by atoms with Crippen molar-refractivity contribution in [2.45, 2.75) is 18.9 Å². The van der Waals surface area contributed by atoms with E-state index in [4.69, 9.17) is 10.8 Å². The topological polar surface area (TPSA) is 131 Å². The van der Waals surface area contributed by atoms with Gasteiger partial charge < -0.3 is 26.2 Å². The molecule has 8 nitrogen and oxygen atoms in total. The average Bonchev–Trinajstić information content (AvgIpc) is 2.24. The number of rotatable bonds is 8.